The van der Waals surface area contributed by atoms with Crippen molar-refractivity contribution in [3.8, 4) is 0 Å². The van der Waals surface area contributed by atoms with Gasteiger partial charge in [0.2, 0.25) is 0 Å². The predicted octanol–water partition coefficient (Wildman–Crippen LogP) is 0.491. The third-order valence-corrected chi connectivity index (χ3v) is 1.65. The lowest BCUT2D eigenvalue weighted by Gasteiger charge is -2.00. The quantitative estimate of drug-likeness (QED) is 0.595. The topological polar surface area (TPSA) is 49.3 Å². The molecular weight excluding hydrogens is 154 g/mol. The number of rotatable bonds is 1. The maximum Gasteiger partial charge on any atom is 0.320 e. The number of aliphatic carboxylic acids is 1. The maximum atomic E-state index is 10.3. The largest absolute Gasteiger partial charge is 0.480 e. The van der Waals surface area contributed by atoms with E-state index in [4.69, 9.17) is 5.11 Å². The Hall–Kier alpha value is -0.280. The first-order valence-corrected chi connectivity index (χ1v) is 3.16. The molecule has 10 heavy (non-hydrogen) atoms. The molecule has 2 N–H and O–H groups in total. The molecule has 1 saturated heterocycles. The van der Waals surface area contributed by atoms with Gasteiger partial charge in [-0.3, -0.25) is 4.79 Å². The van der Waals surface area contributed by atoms with Crippen molar-refractivity contribution in [2.45, 2.75) is 19.4 Å². The van der Waals surface area contributed by atoms with Crippen molar-refractivity contribution in [3.05, 3.63) is 0 Å². The summed E-state index contributed by atoms with van der Waals surface area (Å²) in [5.41, 5.74) is 0. The van der Waals surface area contributed by atoms with Crippen molar-refractivity contribution < 1.29 is 9.90 Å². The molecular formula is C6H12ClNO2. The average molecular weight is 166 g/mol. The third-order valence-electron chi connectivity index (χ3n) is 1.65. The van der Waals surface area contributed by atoms with E-state index in [9.17, 15) is 4.79 Å². The first kappa shape index (κ1) is 9.72. The van der Waals surface area contributed by atoms with Gasteiger partial charge in [0.15, 0.2) is 0 Å². The fraction of sp³-hybridized carbons (Fsp3) is 0.833. The zero-order valence-corrected chi connectivity index (χ0v) is 6.65. The summed E-state index contributed by atoms with van der Waals surface area (Å²) in [4.78, 5) is 10.3. The summed E-state index contributed by atoms with van der Waals surface area (Å²) < 4.78 is 0. The van der Waals surface area contributed by atoms with Crippen LogP contribution in [0.2, 0.25) is 0 Å². The number of hydrogen-bond donors (Lipinski definition) is 2. The van der Waals surface area contributed by atoms with Gasteiger partial charge in [-0.2, -0.15) is 0 Å². The molecule has 1 aliphatic rings. The Bertz CT molecular complexity index is 129. The SMILES string of the molecule is CC1CN[C@H](C(=O)O)C1.Cl. The first-order valence-electron chi connectivity index (χ1n) is 3.16. The summed E-state index contributed by atoms with van der Waals surface area (Å²) in [6.45, 7) is 2.90. The van der Waals surface area contributed by atoms with E-state index >= 15 is 0 Å². The minimum Gasteiger partial charge on any atom is -0.480 e. The lowest BCUT2D eigenvalue weighted by Crippen LogP contribution is -2.29. The molecule has 1 rings (SSSR count). The maximum absolute atomic E-state index is 10.3. The van der Waals surface area contributed by atoms with Crippen LogP contribution in [0, 0.1) is 5.92 Å². The molecule has 0 radical (unpaired) electrons. The molecule has 0 aliphatic carbocycles. The van der Waals surface area contributed by atoms with Gasteiger partial charge in [-0.05, 0) is 18.9 Å². The van der Waals surface area contributed by atoms with Crippen LogP contribution in [0.25, 0.3) is 0 Å². The Labute approximate surface area is 66.2 Å². The number of carboxylic acid groups (broad SMARTS) is 1. The van der Waals surface area contributed by atoms with Gasteiger partial charge in [0.05, 0.1) is 0 Å². The van der Waals surface area contributed by atoms with Gasteiger partial charge < -0.3 is 10.4 Å². The minimum atomic E-state index is -0.723. The number of nitrogens with one attached hydrogen (secondary N) is 1. The van der Waals surface area contributed by atoms with E-state index in [1.54, 1.807) is 0 Å². The van der Waals surface area contributed by atoms with Crippen LogP contribution in [0.15, 0.2) is 0 Å². The molecule has 0 aromatic rings. The van der Waals surface area contributed by atoms with E-state index < -0.39 is 5.97 Å². The van der Waals surface area contributed by atoms with Crippen LogP contribution in [0.5, 0.6) is 0 Å². The molecule has 60 valence electrons. The molecule has 0 saturated carbocycles. The van der Waals surface area contributed by atoms with E-state index in [1.807, 2.05) is 0 Å². The number of carboxylic acids is 1. The van der Waals surface area contributed by atoms with Crippen LogP contribution >= 0.6 is 12.4 Å². The predicted molar refractivity (Wildman–Crippen MR) is 40.5 cm³/mol. The summed E-state index contributed by atoms with van der Waals surface area (Å²) in [5, 5.41) is 11.4. The zero-order chi connectivity index (χ0) is 6.85. The third kappa shape index (κ3) is 2.15. The molecule has 4 heteroatoms. The Kier molecular flexibility index (Phi) is 3.68. The highest BCUT2D eigenvalue weighted by molar-refractivity contribution is 5.85. The summed E-state index contributed by atoms with van der Waals surface area (Å²) in [6, 6.07) is -0.292. The van der Waals surface area contributed by atoms with Crippen molar-refractivity contribution in [1.82, 2.24) is 5.32 Å². The highest BCUT2D eigenvalue weighted by atomic mass is 35.5. The fourth-order valence-electron chi connectivity index (χ4n) is 1.10. The Morgan fingerprint density at radius 3 is 2.50 bits per heavy atom. The normalized spacial score (nSPS) is 31.3. The molecule has 0 aromatic carbocycles. The highest BCUT2D eigenvalue weighted by Gasteiger charge is 2.25. The molecule has 0 aromatic heterocycles. The van der Waals surface area contributed by atoms with Crippen LogP contribution in [-0.4, -0.2) is 23.7 Å². The van der Waals surface area contributed by atoms with Crippen molar-refractivity contribution in [2.24, 2.45) is 5.92 Å². The molecule has 2 atom stereocenters. The van der Waals surface area contributed by atoms with Crippen molar-refractivity contribution >= 4 is 18.4 Å². The van der Waals surface area contributed by atoms with Crippen LogP contribution in [0.3, 0.4) is 0 Å². The molecule has 0 bridgehead atoms. The minimum absolute atomic E-state index is 0. The molecule has 1 fully saturated rings. The Morgan fingerprint density at radius 1 is 1.70 bits per heavy atom. The van der Waals surface area contributed by atoms with E-state index in [0.29, 0.717) is 5.92 Å². The standard InChI is InChI=1S/C6H11NO2.ClH/c1-4-2-5(6(8)9)7-3-4;/h4-5,7H,2-3H2,1H3,(H,8,9);1H/t4?,5-;/m0./s1. The van der Waals surface area contributed by atoms with Gasteiger partial charge in [-0.25, -0.2) is 0 Å². The second-order valence-electron chi connectivity index (χ2n) is 2.64. The van der Waals surface area contributed by atoms with Crippen molar-refractivity contribution in [3.63, 3.8) is 0 Å². The van der Waals surface area contributed by atoms with E-state index in [0.717, 1.165) is 13.0 Å². The van der Waals surface area contributed by atoms with Gasteiger partial charge in [-0.15, -0.1) is 12.4 Å². The van der Waals surface area contributed by atoms with Gasteiger partial charge in [-0.1, -0.05) is 6.92 Å². The summed E-state index contributed by atoms with van der Waals surface area (Å²) >= 11 is 0. The van der Waals surface area contributed by atoms with Gasteiger partial charge in [0.1, 0.15) is 6.04 Å². The molecule has 0 amide bonds. The van der Waals surface area contributed by atoms with E-state index in [2.05, 4.69) is 12.2 Å². The summed E-state index contributed by atoms with van der Waals surface area (Å²) in [7, 11) is 0. The van der Waals surface area contributed by atoms with Crippen molar-refractivity contribution in [2.75, 3.05) is 6.54 Å². The number of halogens is 1. The van der Waals surface area contributed by atoms with E-state index in [1.165, 1.54) is 0 Å². The van der Waals surface area contributed by atoms with Crippen molar-refractivity contribution in [1.29, 1.82) is 0 Å². The average Bonchev–Trinajstić information content (AvgIpc) is 2.14. The first-order chi connectivity index (χ1) is 4.20. The monoisotopic (exact) mass is 165 g/mol. The smallest absolute Gasteiger partial charge is 0.320 e. The number of carbonyl (C=O) groups is 1. The summed E-state index contributed by atoms with van der Waals surface area (Å²) in [6.07, 6.45) is 0.773. The van der Waals surface area contributed by atoms with Crippen LogP contribution < -0.4 is 5.32 Å². The Balaban J connectivity index is 0.000000810. The van der Waals surface area contributed by atoms with Crippen LogP contribution in [0.1, 0.15) is 13.3 Å². The second-order valence-corrected chi connectivity index (χ2v) is 2.64. The van der Waals surface area contributed by atoms with Gasteiger partial charge >= 0.3 is 5.97 Å². The molecule has 1 unspecified atom stereocenters. The lowest BCUT2D eigenvalue weighted by atomic mass is 10.1. The molecule has 1 aliphatic heterocycles. The van der Waals surface area contributed by atoms with Gasteiger partial charge in [0.25, 0.3) is 0 Å². The number of hydrogen-bond acceptors (Lipinski definition) is 2. The van der Waals surface area contributed by atoms with Crippen LogP contribution in [-0.2, 0) is 4.79 Å². The fourth-order valence-corrected chi connectivity index (χ4v) is 1.10. The van der Waals surface area contributed by atoms with Gasteiger partial charge in [0, 0.05) is 0 Å². The summed E-state index contributed by atoms with van der Waals surface area (Å²) in [5.74, 6) is -0.203. The molecule has 0 spiro atoms. The second kappa shape index (κ2) is 3.78. The van der Waals surface area contributed by atoms with Crippen LogP contribution in [0.4, 0.5) is 0 Å². The zero-order valence-electron chi connectivity index (χ0n) is 5.83. The Morgan fingerprint density at radius 2 is 2.30 bits per heavy atom. The molecule has 1 heterocycles. The highest BCUT2D eigenvalue weighted by Crippen LogP contribution is 2.11. The van der Waals surface area contributed by atoms with E-state index in [-0.39, 0.29) is 18.4 Å². The lowest BCUT2D eigenvalue weighted by molar-refractivity contribution is -0.139. The molecule has 3 nitrogen and oxygen atoms in total.